The summed E-state index contributed by atoms with van der Waals surface area (Å²) in [4.78, 5) is 40.3. The van der Waals surface area contributed by atoms with Gasteiger partial charge in [-0.15, -0.1) is 12.4 Å². The highest BCUT2D eigenvalue weighted by Gasteiger charge is 2.56. The van der Waals surface area contributed by atoms with E-state index in [0.717, 1.165) is 17.7 Å². The van der Waals surface area contributed by atoms with Crippen LogP contribution in [0.15, 0.2) is 24.3 Å². The second kappa shape index (κ2) is 10.1. The number of halogens is 1. The highest BCUT2D eigenvalue weighted by atomic mass is 35.5. The minimum Gasteiger partial charge on any atom is -0.493 e. The third-order valence-corrected chi connectivity index (χ3v) is 7.25. The Hall–Kier alpha value is -2.36. The molecule has 9 nitrogen and oxygen atoms in total. The third kappa shape index (κ3) is 4.74. The van der Waals surface area contributed by atoms with Gasteiger partial charge in [0.15, 0.2) is 0 Å². The number of carbonyl (C=O) groups excluding carboxylic acids is 3. The molecule has 4 N–H and O–H groups in total. The van der Waals surface area contributed by atoms with Gasteiger partial charge in [-0.3, -0.25) is 14.4 Å². The van der Waals surface area contributed by atoms with Crippen LogP contribution < -0.4 is 21.1 Å². The molecule has 3 aliphatic rings. The van der Waals surface area contributed by atoms with E-state index in [9.17, 15) is 14.4 Å². The number of rotatable bonds is 5. The number of ether oxygens (including phenoxy) is 2. The molecule has 0 aliphatic carbocycles. The smallest absolute Gasteiger partial charge is 0.247 e. The number of nitrogens with two attached hydrogens (primary N) is 1. The average molecular weight is 495 g/mol. The van der Waals surface area contributed by atoms with Crippen molar-refractivity contribution in [3.8, 4) is 5.75 Å². The van der Waals surface area contributed by atoms with Crippen molar-refractivity contribution in [3.05, 3.63) is 29.8 Å². The second-order valence-corrected chi connectivity index (χ2v) is 9.96. The third-order valence-electron chi connectivity index (χ3n) is 7.25. The largest absolute Gasteiger partial charge is 0.493 e. The van der Waals surface area contributed by atoms with Crippen molar-refractivity contribution in [1.29, 1.82) is 0 Å². The summed E-state index contributed by atoms with van der Waals surface area (Å²) in [6, 6.07) is 5.75. The summed E-state index contributed by atoms with van der Waals surface area (Å²) in [5.74, 6) is -0.359. The zero-order valence-corrected chi connectivity index (χ0v) is 20.9. The van der Waals surface area contributed by atoms with Crippen molar-refractivity contribution in [2.45, 2.75) is 76.4 Å². The first-order chi connectivity index (χ1) is 15.6. The molecule has 2 saturated heterocycles. The number of fused-ring (bicyclic) bond motifs is 2. The van der Waals surface area contributed by atoms with Gasteiger partial charge in [0, 0.05) is 18.8 Å². The number of benzene rings is 1. The molecule has 3 aliphatic heterocycles. The van der Waals surface area contributed by atoms with Crippen molar-refractivity contribution >= 4 is 30.1 Å². The molecule has 0 spiro atoms. The van der Waals surface area contributed by atoms with Crippen LogP contribution >= 0.6 is 12.4 Å². The Morgan fingerprint density at radius 1 is 1.26 bits per heavy atom. The van der Waals surface area contributed by atoms with Gasteiger partial charge in [0.25, 0.3) is 0 Å². The van der Waals surface area contributed by atoms with Gasteiger partial charge in [-0.25, -0.2) is 0 Å². The molecular weight excluding hydrogens is 460 g/mol. The normalized spacial score (nSPS) is 30.6. The second-order valence-electron chi connectivity index (χ2n) is 9.96. The van der Waals surface area contributed by atoms with Crippen LogP contribution in [-0.4, -0.2) is 66.7 Å². The lowest BCUT2D eigenvalue weighted by molar-refractivity contribution is -0.151. The van der Waals surface area contributed by atoms with E-state index in [-0.39, 0.29) is 36.2 Å². The fourth-order valence-corrected chi connectivity index (χ4v) is 5.44. The zero-order chi connectivity index (χ0) is 23.9. The molecule has 3 amide bonds. The van der Waals surface area contributed by atoms with Gasteiger partial charge in [-0.1, -0.05) is 32.0 Å². The minimum atomic E-state index is -0.825. The molecule has 10 heteroatoms. The van der Waals surface area contributed by atoms with Gasteiger partial charge in [0.1, 0.15) is 24.1 Å². The van der Waals surface area contributed by atoms with Gasteiger partial charge < -0.3 is 30.7 Å². The van der Waals surface area contributed by atoms with Crippen molar-refractivity contribution in [3.63, 3.8) is 0 Å². The maximum absolute atomic E-state index is 13.7. The molecule has 0 aromatic heterocycles. The van der Waals surface area contributed by atoms with Crippen LogP contribution in [0.1, 0.15) is 51.5 Å². The van der Waals surface area contributed by atoms with E-state index in [2.05, 4.69) is 10.6 Å². The molecule has 6 atom stereocenters. The summed E-state index contributed by atoms with van der Waals surface area (Å²) >= 11 is 0. The standard InChI is InChI=1S/C24H34N4O5.ClH/c1-13(26-4)22(30)27-16-11-18(15-9-10-32-17-8-6-5-7-14(15)17)33-19-12-24(2,3)20(21(25)29)28(19)23(16)31;/h5-8,13,15-16,18-20,26H,9-12H2,1-4H3,(H2,25,29)(H,27,30);1H/t13-,15+,16?,18?,19?,20?;/m0./s1. The van der Waals surface area contributed by atoms with Crippen LogP contribution in [0.2, 0.25) is 0 Å². The molecule has 4 rings (SSSR count). The average Bonchev–Trinajstić information content (AvgIpc) is 2.99. The first-order valence-corrected chi connectivity index (χ1v) is 11.6. The molecule has 2 fully saturated rings. The van der Waals surface area contributed by atoms with Crippen LogP contribution in [-0.2, 0) is 19.1 Å². The zero-order valence-electron chi connectivity index (χ0n) is 20.1. The quantitative estimate of drug-likeness (QED) is 0.567. The SMILES string of the molecule is CN[C@@H](C)C(=O)NC1CC([C@@H]2CCOc3ccccc32)OC2CC(C)(C)C(C(N)=O)N2C1=O.Cl. The predicted octanol–water partition coefficient (Wildman–Crippen LogP) is 1.29. The summed E-state index contributed by atoms with van der Waals surface area (Å²) in [5.41, 5.74) is 6.24. The molecule has 1 aromatic rings. The Morgan fingerprint density at radius 2 is 1.97 bits per heavy atom. The van der Waals surface area contributed by atoms with E-state index in [1.807, 2.05) is 38.1 Å². The summed E-state index contributed by atoms with van der Waals surface area (Å²) in [7, 11) is 1.69. The van der Waals surface area contributed by atoms with Crippen molar-refractivity contribution < 1.29 is 23.9 Å². The number of nitrogens with one attached hydrogen (secondary N) is 2. The Balaban J connectivity index is 0.00000324. The van der Waals surface area contributed by atoms with Gasteiger partial charge in [0.2, 0.25) is 17.7 Å². The minimum absolute atomic E-state index is 0. The van der Waals surface area contributed by atoms with Crippen LogP contribution in [0.4, 0.5) is 0 Å². The molecule has 0 bridgehead atoms. The first-order valence-electron chi connectivity index (χ1n) is 11.6. The van der Waals surface area contributed by atoms with E-state index in [0.29, 0.717) is 19.4 Å². The van der Waals surface area contributed by atoms with Crippen LogP contribution in [0, 0.1) is 5.41 Å². The molecule has 4 unspecified atom stereocenters. The predicted molar refractivity (Wildman–Crippen MR) is 128 cm³/mol. The van der Waals surface area contributed by atoms with Gasteiger partial charge in [-0.05, 0) is 37.4 Å². The van der Waals surface area contributed by atoms with Crippen LogP contribution in [0.5, 0.6) is 5.75 Å². The van der Waals surface area contributed by atoms with Crippen molar-refractivity contribution in [1.82, 2.24) is 15.5 Å². The first kappa shape index (κ1) is 26.2. The molecule has 188 valence electrons. The summed E-state index contributed by atoms with van der Waals surface area (Å²) in [6.45, 7) is 6.12. The maximum Gasteiger partial charge on any atom is 0.247 e. The molecule has 34 heavy (non-hydrogen) atoms. The van der Waals surface area contributed by atoms with Gasteiger partial charge in [0.05, 0.1) is 18.8 Å². The summed E-state index contributed by atoms with van der Waals surface area (Å²) in [6.07, 6.45) is 0.596. The Kier molecular flexibility index (Phi) is 7.79. The van der Waals surface area contributed by atoms with Crippen LogP contribution in [0.3, 0.4) is 0 Å². The molecule has 0 radical (unpaired) electrons. The van der Waals surface area contributed by atoms with E-state index >= 15 is 0 Å². The van der Waals surface area contributed by atoms with E-state index in [1.54, 1.807) is 14.0 Å². The lowest BCUT2D eigenvalue weighted by Crippen LogP contribution is -2.57. The van der Waals surface area contributed by atoms with E-state index in [1.165, 1.54) is 4.90 Å². The topological polar surface area (TPSA) is 123 Å². The highest BCUT2D eigenvalue weighted by Crippen LogP contribution is 2.46. The monoisotopic (exact) mass is 494 g/mol. The number of likely N-dealkylation sites (N-methyl/N-ethyl adjacent to an activating group) is 1. The van der Waals surface area contributed by atoms with Crippen LogP contribution in [0.25, 0.3) is 0 Å². The Labute approximate surface area is 206 Å². The number of primary amides is 1. The lowest BCUT2D eigenvalue weighted by Gasteiger charge is -2.34. The number of para-hydroxylation sites is 1. The maximum atomic E-state index is 13.7. The number of amides is 3. The molecule has 3 heterocycles. The summed E-state index contributed by atoms with van der Waals surface area (Å²) in [5, 5.41) is 5.80. The lowest BCUT2D eigenvalue weighted by atomic mass is 9.83. The van der Waals surface area contributed by atoms with E-state index < -0.39 is 35.7 Å². The molecule has 1 aromatic carbocycles. The van der Waals surface area contributed by atoms with Crippen molar-refractivity contribution in [2.75, 3.05) is 13.7 Å². The number of nitrogens with zero attached hydrogens (tertiary/aromatic N) is 1. The number of carbonyl (C=O) groups is 3. The van der Waals surface area contributed by atoms with Gasteiger partial charge >= 0.3 is 0 Å². The Bertz CT molecular complexity index is 942. The van der Waals surface area contributed by atoms with Gasteiger partial charge in [-0.2, -0.15) is 0 Å². The van der Waals surface area contributed by atoms with E-state index in [4.69, 9.17) is 15.2 Å². The number of hydrogen-bond acceptors (Lipinski definition) is 6. The Morgan fingerprint density at radius 3 is 2.65 bits per heavy atom. The van der Waals surface area contributed by atoms with Crippen molar-refractivity contribution in [2.24, 2.45) is 11.1 Å². The molecule has 0 saturated carbocycles. The number of hydrogen-bond donors (Lipinski definition) is 3. The molecular formula is C24H35ClN4O5. The fourth-order valence-electron chi connectivity index (χ4n) is 5.44. The summed E-state index contributed by atoms with van der Waals surface area (Å²) < 4.78 is 12.4. The fraction of sp³-hybridized carbons (Fsp3) is 0.625. The highest BCUT2D eigenvalue weighted by molar-refractivity contribution is 5.93.